The summed E-state index contributed by atoms with van der Waals surface area (Å²) in [5.74, 6) is 1.09. The molecule has 0 bridgehead atoms. The second-order valence-corrected chi connectivity index (χ2v) is 6.09. The van der Waals surface area contributed by atoms with Crippen LogP contribution < -0.4 is 9.80 Å². The van der Waals surface area contributed by atoms with Gasteiger partial charge in [-0.05, 0) is 31.0 Å². The highest BCUT2D eigenvalue weighted by Crippen LogP contribution is 2.24. The Morgan fingerprint density at radius 2 is 1.92 bits per heavy atom. The molecule has 0 spiro atoms. The van der Waals surface area contributed by atoms with Gasteiger partial charge in [0.25, 0.3) is 0 Å². The Morgan fingerprint density at radius 1 is 1.12 bits per heavy atom. The SMILES string of the molecule is CCc1cc(N2CCN(c3ncccc3C)CC2)c2nncn2n1. The minimum Gasteiger partial charge on any atom is -0.365 e. The van der Waals surface area contributed by atoms with Crippen LogP contribution in [0, 0.1) is 6.92 Å². The maximum Gasteiger partial charge on any atom is 0.200 e. The molecule has 4 heterocycles. The molecule has 0 aliphatic carbocycles. The highest BCUT2D eigenvalue weighted by atomic mass is 15.4. The van der Waals surface area contributed by atoms with E-state index in [0.29, 0.717) is 0 Å². The minimum absolute atomic E-state index is 0.828. The van der Waals surface area contributed by atoms with Crippen molar-refractivity contribution in [2.45, 2.75) is 20.3 Å². The summed E-state index contributed by atoms with van der Waals surface area (Å²) in [7, 11) is 0. The van der Waals surface area contributed by atoms with Gasteiger partial charge in [-0.15, -0.1) is 10.2 Å². The fourth-order valence-corrected chi connectivity index (χ4v) is 3.23. The van der Waals surface area contributed by atoms with Crippen molar-refractivity contribution in [1.82, 2.24) is 24.8 Å². The number of aryl methyl sites for hydroxylation is 2. The van der Waals surface area contributed by atoms with Gasteiger partial charge in [-0.25, -0.2) is 4.98 Å². The van der Waals surface area contributed by atoms with Crippen molar-refractivity contribution in [3.05, 3.63) is 42.0 Å². The van der Waals surface area contributed by atoms with Crippen LogP contribution in [0.25, 0.3) is 5.65 Å². The van der Waals surface area contributed by atoms with E-state index in [4.69, 9.17) is 0 Å². The molecular weight excluding hydrogens is 302 g/mol. The summed E-state index contributed by atoms with van der Waals surface area (Å²) in [6.45, 7) is 8.00. The lowest BCUT2D eigenvalue weighted by molar-refractivity contribution is 0.644. The Bertz CT molecular complexity index is 849. The van der Waals surface area contributed by atoms with E-state index in [0.717, 1.165) is 55.4 Å². The molecule has 1 aliphatic rings. The lowest BCUT2D eigenvalue weighted by Gasteiger charge is -2.37. The van der Waals surface area contributed by atoms with Gasteiger partial charge in [-0.2, -0.15) is 9.61 Å². The van der Waals surface area contributed by atoms with Gasteiger partial charge >= 0.3 is 0 Å². The molecule has 0 aromatic carbocycles. The number of fused-ring (bicyclic) bond motifs is 1. The van der Waals surface area contributed by atoms with Crippen molar-refractivity contribution in [3.63, 3.8) is 0 Å². The molecule has 4 rings (SSSR count). The van der Waals surface area contributed by atoms with Crippen LogP contribution in [0.15, 0.2) is 30.7 Å². The Labute approximate surface area is 140 Å². The number of aromatic nitrogens is 5. The highest BCUT2D eigenvalue weighted by molar-refractivity contribution is 5.69. The molecule has 0 atom stereocenters. The molecule has 0 amide bonds. The summed E-state index contributed by atoms with van der Waals surface area (Å²) in [6, 6.07) is 6.25. The van der Waals surface area contributed by atoms with Crippen molar-refractivity contribution in [1.29, 1.82) is 0 Å². The number of anilines is 2. The normalized spacial score (nSPS) is 15.2. The van der Waals surface area contributed by atoms with Crippen molar-refractivity contribution >= 4 is 17.2 Å². The van der Waals surface area contributed by atoms with Crippen LogP contribution in [-0.4, -0.2) is 51.0 Å². The Kier molecular flexibility index (Phi) is 3.76. The standard InChI is InChI=1S/C17H21N7/c1-3-14-11-15(17-20-19-12-24(17)21-14)22-7-9-23(10-8-22)16-13(2)5-4-6-18-16/h4-6,11-12H,3,7-10H2,1-2H3. The Morgan fingerprint density at radius 3 is 2.67 bits per heavy atom. The van der Waals surface area contributed by atoms with Crippen molar-refractivity contribution in [3.8, 4) is 0 Å². The third-order valence-corrected chi connectivity index (χ3v) is 4.56. The molecule has 3 aromatic rings. The summed E-state index contributed by atoms with van der Waals surface area (Å²) in [4.78, 5) is 9.27. The highest BCUT2D eigenvalue weighted by Gasteiger charge is 2.22. The summed E-state index contributed by atoms with van der Waals surface area (Å²) in [5.41, 5.74) is 4.23. The number of hydrogen-bond acceptors (Lipinski definition) is 6. The quantitative estimate of drug-likeness (QED) is 0.731. The van der Waals surface area contributed by atoms with Gasteiger partial charge in [-0.1, -0.05) is 13.0 Å². The van der Waals surface area contributed by atoms with Crippen LogP contribution in [0.1, 0.15) is 18.2 Å². The van der Waals surface area contributed by atoms with Crippen molar-refractivity contribution in [2.75, 3.05) is 36.0 Å². The number of piperazine rings is 1. The van der Waals surface area contributed by atoms with E-state index < -0.39 is 0 Å². The van der Waals surface area contributed by atoms with E-state index in [-0.39, 0.29) is 0 Å². The average Bonchev–Trinajstić information content (AvgIpc) is 3.10. The summed E-state index contributed by atoms with van der Waals surface area (Å²) >= 11 is 0. The molecule has 1 saturated heterocycles. The van der Waals surface area contributed by atoms with Crippen LogP contribution in [0.3, 0.4) is 0 Å². The van der Waals surface area contributed by atoms with Crippen LogP contribution >= 0.6 is 0 Å². The van der Waals surface area contributed by atoms with E-state index in [1.165, 1.54) is 5.56 Å². The molecule has 0 N–H and O–H groups in total. The third kappa shape index (κ3) is 2.55. The molecular formula is C17H21N7. The van der Waals surface area contributed by atoms with Gasteiger partial charge in [0, 0.05) is 32.4 Å². The van der Waals surface area contributed by atoms with Crippen LogP contribution in [-0.2, 0) is 6.42 Å². The number of pyridine rings is 1. The topological polar surface area (TPSA) is 62.5 Å². The molecule has 124 valence electrons. The molecule has 7 heteroatoms. The minimum atomic E-state index is 0.828. The summed E-state index contributed by atoms with van der Waals surface area (Å²) < 4.78 is 1.78. The van der Waals surface area contributed by atoms with Crippen LogP contribution in [0.5, 0.6) is 0 Å². The Hall–Kier alpha value is -2.70. The maximum absolute atomic E-state index is 4.54. The smallest absolute Gasteiger partial charge is 0.200 e. The predicted molar refractivity (Wildman–Crippen MR) is 93.6 cm³/mol. The molecule has 3 aromatic heterocycles. The first-order valence-corrected chi connectivity index (χ1v) is 8.37. The second-order valence-electron chi connectivity index (χ2n) is 6.09. The molecule has 1 fully saturated rings. The number of nitrogens with zero attached hydrogens (tertiary/aromatic N) is 7. The molecule has 0 radical (unpaired) electrons. The van der Waals surface area contributed by atoms with Crippen LogP contribution in [0.2, 0.25) is 0 Å². The van der Waals surface area contributed by atoms with E-state index in [2.05, 4.69) is 56.1 Å². The number of hydrogen-bond donors (Lipinski definition) is 0. The van der Waals surface area contributed by atoms with Gasteiger partial charge < -0.3 is 9.80 Å². The first-order valence-electron chi connectivity index (χ1n) is 8.37. The fraction of sp³-hybridized carbons (Fsp3) is 0.412. The van der Waals surface area contributed by atoms with Crippen LogP contribution in [0.4, 0.5) is 11.5 Å². The van der Waals surface area contributed by atoms with E-state index in [9.17, 15) is 0 Å². The van der Waals surface area contributed by atoms with E-state index >= 15 is 0 Å². The third-order valence-electron chi connectivity index (χ3n) is 4.56. The second kappa shape index (κ2) is 6.07. The molecule has 7 nitrogen and oxygen atoms in total. The largest absolute Gasteiger partial charge is 0.365 e. The van der Waals surface area contributed by atoms with Gasteiger partial charge in [0.1, 0.15) is 12.1 Å². The van der Waals surface area contributed by atoms with E-state index in [1.54, 1.807) is 10.8 Å². The van der Waals surface area contributed by atoms with Gasteiger partial charge in [0.05, 0.1) is 11.4 Å². The first-order chi connectivity index (χ1) is 11.8. The monoisotopic (exact) mass is 323 g/mol. The number of rotatable bonds is 3. The predicted octanol–water partition coefficient (Wildman–Crippen LogP) is 1.72. The lowest BCUT2D eigenvalue weighted by atomic mass is 10.2. The van der Waals surface area contributed by atoms with Crippen molar-refractivity contribution in [2.24, 2.45) is 0 Å². The molecule has 1 aliphatic heterocycles. The summed E-state index contributed by atoms with van der Waals surface area (Å²) in [6.07, 6.45) is 4.44. The lowest BCUT2D eigenvalue weighted by Crippen LogP contribution is -2.47. The van der Waals surface area contributed by atoms with Gasteiger partial charge in [-0.3, -0.25) is 0 Å². The summed E-state index contributed by atoms with van der Waals surface area (Å²) in [5, 5.41) is 12.8. The first kappa shape index (κ1) is 14.9. The van der Waals surface area contributed by atoms with Crippen molar-refractivity contribution < 1.29 is 0 Å². The Balaban J connectivity index is 1.58. The molecule has 24 heavy (non-hydrogen) atoms. The average molecular weight is 323 g/mol. The fourth-order valence-electron chi connectivity index (χ4n) is 3.23. The molecule has 0 saturated carbocycles. The zero-order chi connectivity index (χ0) is 16.5. The zero-order valence-corrected chi connectivity index (χ0v) is 14.1. The molecule has 0 unspecified atom stereocenters. The van der Waals surface area contributed by atoms with Gasteiger partial charge in [0.15, 0.2) is 0 Å². The maximum atomic E-state index is 4.54. The van der Waals surface area contributed by atoms with E-state index in [1.807, 2.05) is 12.3 Å². The zero-order valence-electron chi connectivity index (χ0n) is 14.1. The van der Waals surface area contributed by atoms with Gasteiger partial charge in [0.2, 0.25) is 5.65 Å².